The molecule has 1 aromatic heterocycles. The average Bonchev–Trinajstić information content (AvgIpc) is 2.92. The molecule has 3 aromatic rings. The fourth-order valence-electron chi connectivity index (χ4n) is 5.71. The molecule has 1 aliphatic rings. The third kappa shape index (κ3) is 6.86. The van der Waals surface area contributed by atoms with Crippen LogP contribution < -0.4 is 4.74 Å². The number of fused-ring (bicyclic) bond motifs is 1. The van der Waals surface area contributed by atoms with Crippen LogP contribution >= 0.6 is 0 Å². The molecule has 2 aromatic carbocycles. The molecule has 7 heteroatoms. The summed E-state index contributed by atoms with van der Waals surface area (Å²) in [6, 6.07) is 16.0. The van der Waals surface area contributed by atoms with E-state index in [4.69, 9.17) is 4.74 Å². The van der Waals surface area contributed by atoms with Crippen LogP contribution in [0.5, 0.6) is 5.75 Å². The molecule has 1 atom stereocenters. The van der Waals surface area contributed by atoms with Crippen molar-refractivity contribution in [1.82, 2.24) is 9.88 Å². The molecule has 0 aliphatic carbocycles. The Morgan fingerprint density at radius 2 is 1.92 bits per heavy atom. The van der Waals surface area contributed by atoms with Crippen molar-refractivity contribution < 1.29 is 24.9 Å². The molecule has 2 heterocycles. The van der Waals surface area contributed by atoms with Crippen LogP contribution in [0.4, 0.5) is 0 Å². The van der Waals surface area contributed by atoms with Crippen LogP contribution in [0.2, 0.25) is 0 Å². The van der Waals surface area contributed by atoms with Crippen LogP contribution in [0.15, 0.2) is 54.7 Å². The number of aryl methyl sites for hydroxylation is 1. The van der Waals surface area contributed by atoms with E-state index >= 15 is 0 Å². The van der Waals surface area contributed by atoms with Crippen molar-refractivity contribution in [1.29, 1.82) is 0 Å². The molecule has 0 amide bonds. The molecular weight excluding hydrogens is 468 g/mol. The molecule has 3 N–H and O–H groups in total. The highest BCUT2D eigenvalue weighted by Gasteiger charge is 2.37. The Hall–Kier alpha value is -3.00. The number of carboxylic acid groups (broad SMARTS) is 1. The number of aliphatic hydroxyl groups is 2. The fourth-order valence-corrected chi connectivity index (χ4v) is 5.71. The van der Waals surface area contributed by atoms with Crippen LogP contribution in [0.25, 0.3) is 10.9 Å². The van der Waals surface area contributed by atoms with Gasteiger partial charge >= 0.3 is 5.97 Å². The van der Waals surface area contributed by atoms with E-state index in [1.165, 1.54) is 5.56 Å². The summed E-state index contributed by atoms with van der Waals surface area (Å²) in [5.41, 5.74) is 2.94. The maximum atomic E-state index is 11.8. The highest BCUT2D eigenvalue weighted by Crippen LogP contribution is 2.42. The van der Waals surface area contributed by atoms with E-state index in [-0.39, 0.29) is 18.4 Å². The number of nitrogens with zero attached hydrogens (tertiary/aromatic N) is 2. The van der Waals surface area contributed by atoms with Crippen molar-refractivity contribution in [3.05, 3.63) is 71.4 Å². The van der Waals surface area contributed by atoms with Crippen LogP contribution in [0, 0.1) is 5.41 Å². The Labute approximate surface area is 218 Å². The minimum absolute atomic E-state index is 0.106. The van der Waals surface area contributed by atoms with Crippen molar-refractivity contribution in [2.45, 2.75) is 57.7 Å². The van der Waals surface area contributed by atoms with Gasteiger partial charge in [0.15, 0.2) is 0 Å². The number of likely N-dealkylation sites (tertiary alicyclic amines) is 1. The molecule has 0 unspecified atom stereocenters. The van der Waals surface area contributed by atoms with Crippen molar-refractivity contribution >= 4 is 16.9 Å². The Bertz CT molecular complexity index is 1170. The van der Waals surface area contributed by atoms with Gasteiger partial charge in [-0.25, -0.2) is 0 Å². The third-order valence-corrected chi connectivity index (χ3v) is 7.88. The number of ether oxygens (including phenoxy) is 1. The minimum Gasteiger partial charge on any atom is -0.497 e. The first-order valence-electron chi connectivity index (χ1n) is 13.2. The van der Waals surface area contributed by atoms with Gasteiger partial charge in [-0.05, 0) is 92.9 Å². The number of benzene rings is 2. The molecule has 0 bridgehead atoms. The predicted molar refractivity (Wildman–Crippen MR) is 144 cm³/mol. The number of aliphatic hydroxyl groups excluding tert-OH is 2. The summed E-state index contributed by atoms with van der Waals surface area (Å²) in [6.45, 7) is 2.51. The lowest BCUT2D eigenvalue weighted by Crippen LogP contribution is -2.41. The second-order valence-electron chi connectivity index (χ2n) is 10.3. The lowest BCUT2D eigenvalue weighted by atomic mass is 9.71. The minimum atomic E-state index is -0.839. The van der Waals surface area contributed by atoms with Gasteiger partial charge in [0, 0.05) is 17.1 Å². The van der Waals surface area contributed by atoms with E-state index in [0.29, 0.717) is 29.7 Å². The Kier molecular flexibility index (Phi) is 9.14. The normalized spacial score (nSPS) is 16.5. The standard InChI is InChI=1S/C30H38N2O5/c1-37-24-9-10-26-25(18-24)29(23(21-33)20-31-26)27(34)11-12-30(19-28(35)36)13-16-32(17-14-30)15-5-8-22-6-3-2-4-7-22/h2-4,6-7,9-10,18,20,27,33-34H,5,8,11-17,19,21H2,1H3,(H,35,36)/t27-/m1/s1. The topological polar surface area (TPSA) is 103 Å². The van der Waals surface area contributed by atoms with E-state index in [1.54, 1.807) is 13.3 Å². The number of pyridine rings is 1. The summed E-state index contributed by atoms with van der Waals surface area (Å²) in [4.78, 5) is 18.7. The summed E-state index contributed by atoms with van der Waals surface area (Å²) in [6.07, 6.45) is 5.63. The van der Waals surface area contributed by atoms with Gasteiger partial charge in [0.25, 0.3) is 0 Å². The molecule has 0 spiro atoms. The van der Waals surface area contributed by atoms with Crippen LogP contribution in [-0.4, -0.2) is 57.9 Å². The number of hydrogen-bond acceptors (Lipinski definition) is 6. The van der Waals surface area contributed by atoms with Gasteiger partial charge in [-0.15, -0.1) is 0 Å². The summed E-state index contributed by atoms with van der Waals surface area (Å²) in [7, 11) is 1.59. The van der Waals surface area contributed by atoms with Gasteiger partial charge in [-0.2, -0.15) is 0 Å². The summed E-state index contributed by atoms with van der Waals surface area (Å²) >= 11 is 0. The summed E-state index contributed by atoms with van der Waals surface area (Å²) in [5, 5.41) is 31.7. The highest BCUT2D eigenvalue weighted by molar-refractivity contribution is 5.85. The maximum Gasteiger partial charge on any atom is 0.303 e. The molecule has 1 fully saturated rings. The van der Waals surface area contributed by atoms with Gasteiger partial charge in [-0.3, -0.25) is 9.78 Å². The highest BCUT2D eigenvalue weighted by atomic mass is 16.5. The molecule has 7 nitrogen and oxygen atoms in total. The monoisotopic (exact) mass is 506 g/mol. The number of rotatable bonds is 12. The van der Waals surface area contributed by atoms with E-state index < -0.39 is 12.1 Å². The SMILES string of the molecule is COc1ccc2ncc(CO)c([C@H](O)CCC3(CC(=O)O)CCN(CCCc4ccccc4)CC3)c2c1. The van der Waals surface area contributed by atoms with Gasteiger partial charge in [-0.1, -0.05) is 30.3 Å². The molecule has 4 rings (SSSR count). The largest absolute Gasteiger partial charge is 0.497 e. The van der Waals surface area contributed by atoms with E-state index in [1.807, 2.05) is 24.3 Å². The summed E-state index contributed by atoms with van der Waals surface area (Å²) < 4.78 is 5.37. The second kappa shape index (κ2) is 12.5. The predicted octanol–water partition coefficient (Wildman–Crippen LogP) is 4.74. The second-order valence-corrected chi connectivity index (χ2v) is 10.3. The number of aromatic nitrogens is 1. The fraction of sp³-hybridized carbons (Fsp3) is 0.467. The molecule has 198 valence electrons. The lowest BCUT2D eigenvalue weighted by Gasteiger charge is -2.41. The Morgan fingerprint density at radius 3 is 2.59 bits per heavy atom. The van der Waals surface area contributed by atoms with E-state index in [0.717, 1.165) is 56.2 Å². The van der Waals surface area contributed by atoms with E-state index in [2.05, 4.69) is 34.1 Å². The van der Waals surface area contributed by atoms with Gasteiger partial charge in [0.1, 0.15) is 5.75 Å². The molecule has 1 saturated heterocycles. The van der Waals surface area contributed by atoms with Crippen molar-refractivity contribution in [3.63, 3.8) is 0 Å². The third-order valence-electron chi connectivity index (χ3n) is 7.88. The van der Waals surface area contributed by atoms with Crippen molar-refractivity contribution in [2.75, 3.05) is 26.7 Å². The number of piperidine rings is 1. The van der Waals surface area contributed by atoms with Crippen LogP contribution in [-0.2, 0) is 17.8 Å². The first-order chi connectivity index (χ1) is 17.9. The van der Waals surface area contributed by atoms with Crippen molar-refractivity contribution in [2.24, 2.45) is 5.41 Å². The molecule has 1 aliphatic heterocycles. The smallest absolute Gasteiger partial charge is 0.303 e. The zero-order chi connectivity index (χ0) is 26.3. The first-order valence-corrected chi connectivity index (χ1v) is 13.2. The van der Waals surface area contributed by atoms with Crippen LogP contribution in [0.1, 0.15) is 61.3 Å². The van der Waals surface area contributed by atoms with Gasteiger partial charge < -0.3 is 25.0 Å². The molecule has 0 radical (unpaired) electrons. The van der Waals surface area contributed by atoms with E-state index in [9.17, 15) is 20.1 Å². The zero-order valence-corrected chi connectivity index (χ0v) is 21.6. The number of hydrogen-bond donors (Lipinski definition) is 3. The van der Waals surface area contributed by atoms with Crippen molar-refractivity contribution in [3.8, 4) is 5.75 Å². The molecular formula is C30H38N2O5. The van der Waals surface area contributed by atoms with Crippen LogP contribution in [0.3, 0.4) is 0 Å². The number of carbonyl (C=O) groups is 1. The molecule has 37 heavy (non-hydrogen) atoms. The zero-order valence-electron chi connectivity index (χ0n) is 21.6. The number of carboxylic acids is 1. The quantitative estimate of drug-likeness (QED) is 0.326. The number of methoxy groups -OCH3 is 1. The van der Waals surface area contributed by atoms with Gasteiger partial charge in [0.05, 0.1) is 31.8 Å². The Morgan fingerprint density at radius 1 is 1.16 bits per heavy atom. The lowest BCUT2D eigenvalue weighted by molar-refractivity contribution is -0.141. The summed E-state index contributed by atoms with van der Waals surface area (Å²) in [5.74, 6) is -0.137. The van der Waals surface area contributed by atoms with Gasteiger partial charge in [0.2, 0.25) is 0 Å². The first kappa shape index (κ1) is 27.0. The number of aliphatic carboxylic acids is 1. The maximum absolute atomic E-state index is 11.8. The Balaban J connectivity index is 1.42. The average molecular weight is 507 g/mol. The molecule has 0 saturated carbocycles.